The van der Waals surface area contributed by atoms with E-state index in [0.29, 0.717) is 36.2 Å². The fourth-order valence-corrected chi connectivity index (χ4v) is 5.40. The maximum atomic E-state index is 13.2. The number of anilines is 1. The number of benzene rings is 2. The van der Waals surface area contributed by atoms with E-state index in [1.165, 1.54) is 34.0 Å². The number of carbonyl (C=O) groups excluding carboxylic acids is 2. The molecule has 1 amide bonds. The number of ketones is 1. The summed E-state index contributed by atoms with van der Waals surface area (Å²) < 4.78 is 34.1. The number of amides is 1. The van der Waals surface area contributed by atoms with Gasteiger partial charge in [0.05, 0.1) is 16.3 Å². The van der Waals surface area contributed by atoms with Gasteiger partial charge >= 0.3 is 5.76 Å². The zero-order chi connectivity index (χ0) is 23.0. The Labute approximate surface area is 184 Å². The van der Waals surface area contributed by atoms with Gasteiger partial charge in [-0.2, -0.15) is 4.31 Å². The number of carbonyl (C=O) groups is 2. The summed E-state index contributed by atoms with van der Waals surface area (Å²) in [6.45, 7) is 1.78. The number of nitrogens with one attached hydrogen (secondary N) is 1. The minimum Gasteiger partial charge on any atom is -0.408 e. The summed E-state index contributed by atoms with van der Waals surface area (Å²) in [5, 5.41) is 2.79. The third-order valence-electron chi connectivity index (χ3n) is 5.69. The van der Waals surface area contributed by atoms with E-state index in [4.69, 9.17) is 4.42 Å². The van der Waals surface area contributed by atoms with Crippen LogP contribution in [0.25, 0.3) is 11.1 Å². The highest BCUT2D eigenvalue weighted by molar-refractivity contribution is 7.89. The molecule has 0 aliphatic carbocycles. The van der Waals surface area contributed by atoms with E-state index in [0.717, 1.165) is 0 Å². The van der Waals surface area contributed by atoms with E-state index in [9.17, 15) is 22.8 Å². The Morgan fingerprint density at radius 2 is 1.94 bits per heavy atom. The largest absolute Gasteiger partial charge is 0.419 e. The average molecular weight is 458 g/mol. The molecule has 10 heteroatoms. The van der Waals surface area contributed by atoms with Gasteiger partial charge < -0.3 is 9.73 Å². The summed E-state index contributed by atoms with van der Waals surface area (Å²) >= 11 is 0. The molecular formula is C22H23N3O6S. The summed E-state index contributed by atoms with van der Waals surface area (Å²) in [7, 11) is -2.33. The van der Waals surface area contributed by atoms with Gasteiger partial charge in [0.25, 0.3) is 0 Å². The van der Waals surface area contributed by atoms with E-state index in [1.807, 2.05) is 0 Å². The zero-order valence-electron chi connectivity index (χ0n) is 17.7. The molecule has 0 bridgehead atoms. The predicted octanol–water partition coefficient (Wildman–Crippen LogP) is 2.37. The van der Waals surface area contributed by atoms with Gasteiger partial charge in [0.2, 0.25) is 15.9 Å². The normalized spacial score (nSPS) is 17.4. The smallest absolute Gasteiger partial charge is 0.408 e. The van der Waals surface area contributed by atoms with Crippen molar-refractivity contribution in [1.82, 2.24) is 8.87 Å². The van der Waals surface area contributed by atoms with Gasteiger partial charge in [0, 0.05) is 37.5 Å². The lowest BCUT2D eigenvalue weighted by molar-refractivity contribution is -0.120. The molecule has 1 fully saturated rings. The molecule has 32 heavy (non-hydrogen) atoms. The second-order valence-electron chi connectivity index (χ2n) is 7.88. The number of hydrogen-bond donors (Lipinski definition) is 1. The summed E-state index contributed by atoms with van der Waals surface area (Å²) in [6, 6.07) is 10.9. The Hall–Kier alpha value is -3.24. The van der Waals surface area contributed by atoms with Gasteiger partial charge in [0.1, 0.15) is 0 Å². The van der Waals surface area contributed by atoms with E-state index < -0.39 is 21.7 Å². The highest BCUT2D eigenvalue weighted by atomic mass is 32.2. The maximum absolute atomic E-state index is 13.2. The Bertz CT molecular complexity index is 1370. The first kappa shape index (κ1) is 22.0. The molecule has 2 heterocycles. The van der Waals surface area contributed by atoms with Gasteiger partial charge in [-0.05, 0) is 44.0 Å². The van der Waals surface area contributed by atoms with E-state index in [2.05, 4.69) is 5.32 Å². The van der Waals surface area contributed by atoms with Crippen LogP contribution in [0.15, 0.2) is 56.6 Å². The van der Waals surface area contributed by atoms with Gasteiger partial charge in [0.15, 0.2) is 11.4 Å². The number of hydrogen-bond acceptors (Lipinski definition) is 6. The fourth-order valence-electron chi connectivity index (χ4n) is 3.86. The first-order valence-corrected chi connectivity index (χ1v) is 11.6. The topological polar surface area (TPSA) is 119 Å². The van der Waals surface area contributed by atoms with Crippen molar-refractivity contribution in [2.75, 3.05) is 18.4 Å². The molecule has 4 rings (SSSR count). The summed E-state index contributed by atoms with van der Waals surface area (Å²) in [6.07, 6.45) is 1.09. The van der Waals surface area contributed by atoms with Crippen molar-refractivity contribution in [1.29, 1.82) is 0 Å². The van der Waals surface area contributed by atoms with Crippen LogP contribution in [-0.4, -0.2) is 42.1 Å². The Balaban J connectivity index is 1.53. The van der Waals surface area contributed by atoms with Crippen LogP contribution in [0.4, 0.5) is 5.69 Å². The number of Topliss-reactive ketones (excluding diaryl/α,β-unsaturated/α-hetero) is 1. The molecule has 2 aromatic carbocycles. The van der Waals surface area contributed by atoms with Crippen LogP contribution in [0.1, 0.15) is 30.1 Å². The lowest BCUT2D eigenvalue weighted by Gasteiger charge is -2.31. The fraction of sp³-hybridized carbons (Fsp3) is 0.318. The second-order valence-corrected chi connectivity index (χ2v) is 9.82. The number of nitrogens with zero attached hydrogens (tertiary/aromatic N) is 2. The summed E-state index contributed by atoms with van der Waals surface area (Å²) in [5.41, 5.74) is 1.67. The molecule has 1 saturated heterocycles. The first-order valence-electron chi connectivity index (χ1n) is 10.2. The van der Waals surface area contributed by atoms with E-state index in [-0.39, 0.29) is 28.7 Å². The maximum Gasteiger partial charge on any atom is 0.419 e. The number of aromatic nitrogens is 1. The predicted molar refractivity (Wildman–Crippen MR) is 118 cm³/mol. The highest BCUT2D eigenvalue weighted by Crippen LogP contribution is 2.27. The van der Waals surface area contributed by atoms with Crippen molar-refractivity contribution >= 4 is 38.5 Å². The molecular weight excluding hydrogens is 434 g/mol. The Morgan fingerprint density at radius 1 is 1.16 bits per heavy atom. The molecule has 0 spiro atoms. The molecule has 0 saturated carbocycles. The van der Waals surface area contributed by atoms with Crippen LogP contribution >= 0.6 is 0 Å². The summed E-state index contributed by atoms with van der Waals surface area (Å²) in [5.74, 6) is -1.51. The molecule has 168 valence electrons. The highest BCUT2D eigenvalue weighted by Gasteiger charge is 2.33. The van der Waals surface area contributed by atoms with Gasteiger partial charge in [-0.3, -0.25) is 14.2 Å². The van der Waals surface area contributed by atoms with Crippen LogP contribution in [0.3, 0.4) is 0 Å². The van der Waals surface area contributed by atoms with Gasteiger partial charge in [-0.15, -0.1) is 0 Å². The van der Waals surface area contributed by atoms with Gasteiger partial charge in [-0.25, -0.2) is 13.2 Å². The van der Waals surface area contributed by atoms with E-state index in [1.54, 1.807) is 31.3 Å². The quantitative estimate of drug-likeness (QED) is 0.588. The minimum absolute atomic E-state index is 0.00886. The van der Waals surface area contributed by atoms with Crippen LogP contribution in [0.5, 0.6) is 0 Å². The number of aryl methyl sites for hydroxylation is 1. The van der Waals surface area contributed by atoms with Crippen molar-refractivity contribution in [3.8, 4) is 0 Å². The SMILES string of the molecule is CC(=O)c1cccc(NC(=O)[C@H]2CCCN(S(=O)(=O)c3ccc4c(c3)oc(=O)n4C)C2)c1. The Morgan fingerprint density at radius 3 is 2.69 bits per heavy atom. The van der Waals surface area contributed by atoms with Crippen LogP contribution in [0.2, 0.25) is 0 Å². The van der Waals surface area contributed by atoms with Crippen molar-refractivity contribution in [3.63, 3.8) is 0 Å². The summed E-state index contributed by atoms with van der Waals surface area (Å²) in [4.78, 5) is 36.1. The zero-order valence-corrected chi connectivity index (χ0v) is 18.5. The lowest BCUT2D eigenvalue weighted by Crippen LogP contribution is -2.43. The number of oxazole rings is 1. The number of fused-ring (bicyclic) bond motifs is 1. The van der Waals surface area contributed by atoms with Crippen molar-refractivity contribution in [2.24, 2.45) is 13.0 Å². The van der Waals surface area contributed by atoms with Crippen molar-refractivity contribution in [3.05, 3.63) is 58.6 Å². The molecule has 1 aliphatic rings. The molecule has 1 aromatic heterocycles. The molecule has 1 atom stereocenters. The number of sulfonamides is 1. The third kappa shape index (κ3) is 4.11. The number of piperidine rings is 1. The first-order chi connectivity index (χ1) is 15.2. The molecule has 0 unspecified atom stereocenters. The Kier molecular flexibility index (Phi) is 5.74. The second kappa shape index (κ2) is 8.36. The molecule has 0 radical (unpaired) electrons. The molecule has 9 nitrogen and oxygen atoms in total. The lowest BCUT2D eigenvalue weighted by atomic mass is 9.98. The van der Waals surface area contributed by atoms with Crippen LogP contribution in [0, 0.1) is 5.92 Å². The monoisotopic (exact) mass is 457 g/mol. The minimum atomic E-state index is -3.88. The van der Waals surface area contributed by atoms with Gasteiger partial charge in [-0.1, -0.05) is 12.1 Å². The average Bonchev–Trinajstić information content (AvgIpc) is 3.07. The molecule has 3 aromatic rings. The molecule has 1 N–H and O–H groups in total. The van der Waals surface area contributed by atoms with Crippen molar-refractivity contribution < 1.29 is 22.4 Å². The van der Waals surface area contributed by atoms with E-state index >= 15 is 0 Å². The third-order valence-corrected chi connectivity index (χ3v) is 7.55. The number of rotatable bonds is 5. The standard InChI is InChI=1S/C22H23N3O6S/c1-14(26)15-5-3-7-17(11-15)23-21(27)16-6-4-10-25(13-16)32(29,30)18-8-9-19-20(12-18)31-22(28)24(19)2/h3,5,7-9,11-12,16H,4,6,10,13H2,1-2H3,(H,23,27)/t16-/m0/s1. The molecule has 1 aliphatic heterocycles. The van der Waals surface area contributed by atoms with Crippen molar-refractivity contribution in [2.45, 2.75) is 24.7 Å². The van der Waals surface area contributed by atoms with Crippen LogP contribution < -0.4 is 11.1 Å². The van der Waals surface area contributed by atoms with Crippen LogP contribution in [-0.2, 0) is 21.9 Å².